The molecule has 1 N–H and O–H groups in total. The van der Waals surface area contributed by atoms with Gasteiger partial charge in [0, 0.05) is 5.56 Å². The summed E-state index contributed by atoms with van der Waals surface area (Å²) in [5.41, 5.74) is 1.36. The summed E-state index contributed by atoms with van der Waals surface area (Å²) in [6.45, 7) is 0.393. The number of ether oxygens (including phenoxy) is 1. The van der Waals surface area contributed by atoms with Crippen molar-refractivity contribution in [2.75, 3.05) is 6.61 Å². The predicted octanol–water partition coefficient (Wildman–Crippen LogP) is 9.18. The molecule has 0 amide bonds. The monoisotopic (exact) mass is 560 g/mol. The predicted molar refractivity (Wildman–Crippen MR) is 137 cm³/mol. The number of hydrogen-bond acceptors (Lipinski definition) is 2. The van der Waals surface area contributed by atoms with Crippen LogP contribution in [0.4, 0.5) is 26.3 Å². The maximum atomic E-state index is 15.3. The molecule has 212 valence electrons. The molecule has 8 heteroatoms. The van der Waals surface area contributed by atoms with Crippen molar-refractivity contribution in [1.29, 1.82) is 0 Å². The van der Waals surface area contributed by atoms with E-state index in [0.717, 1.165) is 6.07 Å². The minimum absolute atomic E-state index is 0.186. The largest absolute Gasteiger partial charge is 0.505 e. The van der Waals surface area contributed by atoms with E-state index >= 15 is 8.78 Å². The van der Waals surface area contributed by atoms with Crippen molar-refractivity contribution >= 4 is 0 Å². The Labute approximate surface area is 229 Å². The fourth-order valence-corrected chi connectivity index (χ4v) is 6.88. The van der Waals surface area contributed by atoms with Gasteiger partial charge >= 0.3 is 0 Å². The van der Waals surface area contributed by atoms with Gasteiger partial charge in [0.2, 0.25) is 5.82 Å². The quantitative estimate of drug-likeness (QED) is 0.249. The summed E-state index contributed by atoms with van der Waals surface area (Å²) in [6.07, 6.45) is 3.77. The van der Waals surface area contributed by atoms with Gasteiger partial charge in [-0.15, -0.1) is 0 Å². The highest BCUT2D eigenvalue weighted by Gasteiger charge is 2.34. The number of phenolic OH excluding ortho intramolecular Hbond substituents is 1. The third-order valence-electron chi connectivity index (χ3n) is 9.27. The van der Waals surface area contributed by atoms with Crippen LogP contribution in [0.25, 0.3) is 0 Å². The normalized spacial score (nSPS) is 26.6. The van der Waals surface area contributed by atoms with Gasteiger partial charge < -0.3 is 9.84 Å². The van der Waals surface area contributed by atoms with Crippen LogP contribution in [0.15, 0.2) is 36.4 Å². The molecule has 3 aliphatic rings. The molecule has 1 unspecified atom stereocenters. The zero-order valence-corrected chi connectivity index (χ0v) is 21.8. The van der Waals surface area contributed by atoms with Gasteiger partial charge in [0.25, 0.3) is 0 Å². The Morgan fingerprint density at radius 2 is 0.725 bits per heavy atom. The molecule has 2 nitrogen and oxygen atoms in total. The first-order valence-corrected chi connectivity index (χ1v) is 14.0. The summed E-state index contributed by atoms with van der Waals surface area (Å²) in [7, 11) is 0. The van der Waals surface area contributed by atoms with Gasteiger partial charge in [-0.25, -0.2) is 22.0 Å². The van der Waals surface area contributed by atoms with Gasteiger partial charge in [-0.1, -0.05) is 30.3 Å². The molecule has 0 spiro atoms. The molecule has 0 bridgehead atoms. The third kappa shape index (κ3) is 4.89. The first-order chi connectivity index (χ1) is 19.2. The fourth-order valence-electron chi connectivity index (χ4n) is 6.88. The van der Waals surface area contributed by atoms with E-state index in [4.69, 9.17) is 4.74 Å². The number of phenols is 1. The van der Waals surface area contributed by atoms with E-state index in [9.17, 15) is 22.7 Å². The molecule has 1 heterocycles. The second-order valence-corrected chi connectivity index (χ2v) is 11.5. The molecule has 1 saturated heterocycles. The number of benzene rings is 3. The average Bonchev–Trinajstić information content (AvgIpc) is 3.81. The van der Waals surface area contributed by atoms with Gasteiger partial charge in [0.15, 0.2) is 34.8 Å². The highest BCUT2D eigenvalue weighted by Crippen LogP contribution is 2.46. The Balaban J connectivity index is 1.11. The van der Waals surface area contributed by atoms with E-state index < -0.39 is 40.7 Å². The number of aromatic hydroxyl groups is 1. The van der Waals surface area contributed by atoms with Crippen molar-refractivity contribution in [3.63, 3.8) is 0 Å². The second kappa shape index (κ2) is 10.8. The lowest BCUT2D eigenvalue weighted by Crippen LogP contribution is -2.17. The van der Waals surface area contributed by atoms with E-state index in [0.29, 0.717) is 74.7 Å². The van der Waals surface area contributed by atoms with Crippen molar-refractivity contribution < 1.29 is 36.2 Å². The molecule has 2 aliphatic carbocycles. The molecule has 3 aromatic rings. The van der Waals surface area contributed by atoms with Crippen LogP contribution < -0.4 is 0 Å². The molecule has 3 aromatic carbocycles. The number of epoxide rings is 1. The first-order valence-electron chi connectivity index (χ1n) is 14.0. The molecule has 3 fully saturated rings. The molecular weight excluding hydrogens is 530 g/mol. The topological polar surface area (TPSA) is 32.8 Å². The Bertz CT molecular complexity index is 1420. The Morgan fingerprint density at radius 1 is 0.450 bits per heavy atom. The van der Waals surface area contributed by atoms with Gasteiger partial charge in [0.1, 0.15) is 6.10 Å². The van der Waals surface area contributed by atoms with Crippen LogP contribution in [0.1, 0.15) is 109 Å². The van der Waals surface area contributed by atoms with E-state index in [1.165, 1.54) is 6.07 Å². The van der Waals surface area contributed by atoms with Gasteiger partial charge in [-0.2, -0.15) is 4.39 Å². The molecule has 1 atom stereocenters. The Hall–Kier alpha value is -3.00. The summed E-state index contributed by atoms with van der Waals surface area (Å²) in [5.74, 6) is -7.38. The van der Waals surface area contributed by atoms with Crippen molar-refractivity contribution in [1.82, 2.24) is 0 Å². The summed E-state index contributed by atoms with van der Waals surface area (Å²) >= 11 is 0. The van der Waals surface area contributed by atoms with E-state index in [-0.39, 0.29) is 40.9 Å². The summed E-state index contributed by atoms with van der Waals surface area (Å²) in [4.78, 5) is 0. The van der Waals surface area contributed by atoms with Crippen LogP contribution in [0, 0.1) is 34.9 Å². The van der Waals surface area contributed by atoms with Crippen molar-refractivity contribution in [3.8, 4) is 5.75 Å². The van der Waals surface area contributed by atoms with Crippen LogP contribution in [0.3, 0.4) is 0 Å². The lowest BCUT2D eigenvalue weighted by atomic mass is 9.74. The number of rotatable bonds is 5. The molecule has 2 saturated carbocycles. The molecule has 40 heavy (non-hydrogen) atoms. The van der Waals surface area contributed by atoms with Crippen LogP contribution in [0.2, 0.25) is 0 Å². The molecule has 6 rings (SSSR count). The van der Waals surface area contributed by atoms with Crippen molar-refractivity contribution in [2.45, 2.75) is 81.1 Å². The Kier molecular flexibility index (Phi) is 7.32. The van der Waals surface area contributed by atoms with Crippen LogP contribution >= 0.6 is 0 Å². The lowest BCUT2D eigenvalue weighted by molar-refractivity contribution is 0.355. The zero-order valence-electron chi connectivity index (χ0n) is 21.8. The van der Waals surface area contributed by atoms with E-state index in [1.807, 2.05) is 0 Å². The Morgan fingerprint density at radius 3 is 1.07 bits per heavy atom. The fraction of sp³-hybridized carbons (Fsp3) is 0.438. The van der Waals surface area contributed by atoms with Gasteiger partial charge in [-0.05, 0) is 103 Å². The SMILES string of the molecule is Oc1ccc(C2CCC(c3ccc(C4CCC(c5ccc(C6CO6)c(F)c5F)CC4)c(F)c3F)CC2)c(F)c1F. The van der Waals surface area contributed by atoms with Crippen LogP contribution in [-0.2, 0) is 4.74 Å². The molecular formula is C32H30F6O2. The molecule has 1 aliphatic heterocycles. The van der Waals surface area contributed by atoms with Crippen molar-refractivity contribution in [3.05, 3.63) is 99.1 Å². The smallest absolute Gasteiger partial charge is 0.200 e. The third-order valence-corrected chi connectivity index (χ3v) is 9.27. The highest BCUT2D eigenvalue weighted by molar-refractivity contribution is 5.36. The minimum Gasteiger partial charge on any atom is -0.505 e. The standard InChI is InChI=1S/C32H30F6O2/c33-27-20(16-1-3-18(4-2-16)22-11-12-24(26-15-40-26)31(37)29(22)35)9-10-21(28(27)34)17-5-7-19(8-6-17)23-13-14-25(39)32(38)30(23)36/h9-14,16-19,26,39H,1-8,15H2. The van der Waals surface area contributed by atoms with Gasteiger partial charge in [0.05, 0.1) is 6.61 Å². The zero-order chi connectivity index (χ0) is 28.1. The maximum absolute atomic E-state index is 15.3. The average molecular weight is 561 g/mol. The summed E-state index contributed by atoms with van der Waals surface area (Å²) < 4.78 is 93.1. The summed E-state index contributed by atoms with van der Waals surface area (Å²) in [6, 6.07) is 9.00. The second-order valence-electron chi connectivity index (χ2n) is 11.5. The molecule has 0 aromatic heterocycles. The lowest BCUT2D eigenvalue weighted by Gasteiger charge is -2.31. The first kappa shape index (κ1) is 27.2. The number of halogens is 6. The highest BCUT2D eigenvalue weighted by atomic mass is 19.2. The van der Waals surface area contributed by atoms with Crippen LogP contribution in [-0.4, -0.2) is 11.7 Å². The van der Waals surface area contributed by atoms with Crippen molar-refractivity contribution in [2.24, 2.45) is 0 Å². The molecule has 0 radical (unpaired) electrons. The van der Waals surface area contributed by atoms with Gasteiger partial charge in [-0.3, -0.25) is 0 Å². The van der Waals surface area contributed by atoms with Crippen LogP contribution in [0.5, 0.6) is 5.75 Å². The maximum Gasteiger partial charge on any atom is 0.200 e. The number of hydrogen-bond donors (Lipinski definition) is 1. The minimum atomic E-state index is -1.27. The van der Waals surface area contributed by atoms with E-state index in [2.05, 4.69) is 0 Å². The van der Waals surface area contributed by atoms with E-state index in [1.54, 1.807) is 24.3 Å². The summed E-state index contributed by atoms with van der Waals surface area (Å²) in [5, 5.41) is 9.38.